The van der Waals surface area contributed by atoms with E-state index < -0.39 is 5.41 Å². The van der Waals surface area contributed by atoms with Gasteiger partial charge in [0.15, 0.2) is 0 Å². The third kappa shape index (κ3) is 7.89. The summed E-state index contributed by atoms with van der Waals surface area (Å²) in [6.45, 7) is 21.7. The van der Waals surface area contributed by atoms with E-state index in [0.29, 0.717) is 0 Å². The van der Waals surface area contributed by atoms with Gasteiger partial charge in [-0.2, -0.15) is 0 Å². The molecule has 0 nitrogen and oxygen atoms in total. The molecule has 0 bridgehead atoms. The molecule has 0 aliphatic heterocycles. The van der Waals surface area contributed by atoms with Crippen molar-refractivity contribution >= 4 is 0 Å². The Morgan fingerprint density at radius 2 is 0.439 bits per heavy atom. The van der Waals surface area contributed by atoms with Gasteiger partial charge in [0.25, 0.3) is 0 Å². The standard InChI is InChI=1S/C98H76/c1-59-29-23-51-86-88(59)93-73(72-33-14-13-32-67(72)60-30-11-10-12-31-60)42-28-52-87(93)98(86,65-55-61(68-38-24-47-82-89(68)74-34-15-19-43-78(74)94(82,2)3)53-62(56-65)69-39-25-48-83-90(69)75-35-16-20-44-79(75)95(83,4)5)66-57-63(70-40-26-49-84-91(70)76-36-17-21-45-80(76)96(84,6)7)54-64(58-66)71-41-27-50-85-92(71)77-37-18-22-46-81(77)97(85,8)9/h10-58H,1-9H3. The Morgan fingerprint density at radius 3 is 0.806 bits per heavy atom. The number of aryl methyl sites for hydroxylation is 1. The SMILES string of the molecule is Cc1cccc2c1-c1c(-c3ccccc3-c3ccccc3)cccc1C2(c1cc(-c2cccc3c2-c2ccccc2C3(C)C)cc(-c2cccc3c2-c2ccccc2C3(C)C)c1)c1cc(-c2cccc3c2-c2ccccc2C3(C)C)cc(-c2cccc3c2-c2ccccc2C3(C)C)c1. The fraction of sp³-hybridized carbons (Fsp3) is 0.143. The lowest BCUT2D eigenvalue weighted by Gasteiger charge is -2.36. The first-order valence-electron chi connectivity index (χ1n) is 35.2. The molecule has 0 saturated carbocycles. The molecule has 14 aromatic rings. The molecule has 0 spiro atoms. The molecule has 0 amide bonds. The van der Waals surface area contributed by atoms with Crippen LogP contribution in [0.2, 0.25) is 0 Å². The Bertz CT molecular complexity index is 5240. The highest BCUT2D eigenvalue weighted by molar-refractivity contribution is 6.04. The van der Waals surface area contributed by atoms with Crippen LogP contribution in [0.1, 0.15) is 128 Å². The summed E-state index contributed by atoms with van der Waals surface area (Å²) in [7, 11) is 0. The number of fused-ring (bicyclic) bond motifs is 15. The smallest absolute Gasteiger partial charge is 0.0622 e. The van der Waals surface area contributed by atoms with E-state index in [2.05, 4.69) is 360 Å². The predicted octanol–water partition coefficient (Wildman–Crippen LogP) is 25.6. The second-order valence-corrected chi connectivity index (χ2v) is 30.6. The van der Waals surface area contributed by atoms with E-state index in [1.165, 1.54) is 195 Å². The monoisotopic (exact) mass is 1250 g/mol. The molecule has 0 radical (unpaired) electrons. The largest absolute Gasteiger partial charge is 0.0714 e. The third-order valence-corrected chi connectivity index (χ3v) is 24.1. The van der Waals surface area contributed by atoms with Crippen LogP contribution in [0.3, 0.4) is 0 Å². The average Bonchev–Trinajstić information content (AvgIpc) is 1.50. The molecule has 0 N–H and O–H groups in total. The van der Waals surface area contributed by atoms with E-state index in [-0.39, 0.29) is 21.7 Å². The maximum absolute atomic E-state index is 2.64. The molecule has 0 unspecified atom stereocenters. The van der Waals surface area contributed by atoms with Crippen molar-refractivity contribution in [2.24, 2.45) is 0 Å². The lowest BCUT2D eigenvalue weighted by molar-refractivity contribution is 0.660. The van der Waals surface area contributed by atoms with Crippen LogP contribution < -0.4 is 0 Å². The van der Waals surface area contributed by atoms with E-state index in [0.717, 1.165) is 0 Å². The van der Waals surface area contributed by atoms with Gasteiger partial charge in [0.05, 0.1) is 5.41 Å². The fourth-order valence-corrected chi connectivity index (χ4v) is 19.5. The molecule has 14 aromatic carbocycles. The van der Waals surface area contributed by atoms with Gasteiger partial charge in [0.2, 0.25) is 0 Å². The van der Waals surface area contributed by atoms with Gasteiger partial charge in [-0.3, -0.25) is 0 Å². The van der Waals surface area contributed by atoms with Crippen LogP contribution in [0.15, 0.2) is 297 Å². The van der Waals surface area contributed by atoms with Gasteiger partial charge in [0.1, 0.15) is 0 Å². The zero-order valence-corrected chi connectivity index (χ0v) is 57.3. The van der Waals surface area contributed by atoms with Gasteiger partial charge in [-0.1, -0.05) is 316 Å². The first-order chi connectivity index (χ1) is 47.6. The van der Waals surface area contributed by atoms with Crippen LogP contribution in [0.5, 0.6) is 0 Å². The summed E-state index contributed by atoms with van der Waals surface area (Å²) in [4.78, 5) is 0. The van der Waals surface area contributed by atoms with Gasteiger partial charge >= 0.3 is 0 Å². The van der Waals surface area contributed by atoms with Gasteiger partial charge in [-0.25, -0.2) is 0 Å². The first-order valence-corrected chi connectivity index (χ1v) is 35.2. The highest BCUT2D eigenvalue weighted by Gasteiger charge is 2.50. The number of hydrogen-bond donors (Lipinski definition) is 0. The van der Waals surface area contributed by atoms with Crippen molar-refractivity contribution in [3.8, 4) is 122 Å². The van der Waals surface area contributed by atoms with Crippen molar-refractivity contribution in [1.29, 1.82) is 0 Å². The summed E-state index contributed by atoms with van der Waals surface area (Å²) in [5, 5.41) is 0. The quantitative estimate of drug-likeness (QED) is 0.142. The van der Waals surface area contributed by atoms with Crippen LogP contribution >= 0.6 is 0 Å². The lowest BCUT2D eigenvalue weighted by atomic mass is 9.65. The zero-order chi connectivity index (χ0) is 66.4. The third-order valence-electron chi connectivity index (χ3n) is 24.1. The minimum absolute atomic E-state index is 0.204. The summed E-state index contributed by atoms with van der Waals surface area (Å²) in [6.07, 6.45) is 0. The van der Waals surface area contributed by atoms with Crippen molar-refractivity contribution in [1.82, 2.24) is 0 Å². The Hall–Kier alpha value is -10.9. The molecular weight excluding hydrogens is 1180 g/mol. The van der Waals surface area contributed by atoms with Crippen LogP contribution in [0.25, 0.3) is 122 Å². The molecule has 5 aliphatic rings. The second-order valence-electron chi connectivity index (χ2n) is 30.6. The molecule has 0 heterocycles. The minimum atomic E-state index is -0.932. The summed E-state index contributed by atoms with van der Waals surface area (Å²) in [6, 6.07) is 116. The Morgan fingerprint density at radius 1 is 0.173 bits per heavy atom. The van der Waals surface area contributed by atoms with E-state index in [1.54, 1.807) is 0 Å². The molecular formula is C98H76. The summed E-state index contributed by atoms with van der Waals surface area (Å²) < 4.78 is 0. The lowest BCUT2D eigenvalue weighted by Crippen LogP contribution is -2.29. The minimum Gasteiger partial charge on any atom is -0.0622 e. The number of hydrogen-bond acceptors (Lipinski definition) is 0. The van der Waals surface area contributed by atoms with Crippen LogP contribution in [-0.2, 0) is 27.1 Å². The van der Waals surface area contributed by atoms with E-state index in [1.807, 2.05) is 0 Å². The zero-order valence-electron chi connectivity index (χ0n) is 57.3. The van der Waals surface area contributed by atoms with E-state index >= 15 is 0 Å². The number of benzene rings is 14. The molecule has 5 aliphatic carbocycles. The predicted molar refractivity (Wildman–Crippen MR) is 411 cm³/mol. The summed E-state index contributed by atoms with van der Waals surface area (Å²) in [5.41, 5.74) is 43.2. The maximum Gasteiger partial charge on any atom is 0.0714 e. The van der Waals surface area contributed by atoms with E-state index in [9.17, 15) is 0 Å². The number of rotatable bonds is 8. The van der Waals surface area contributed by atoms with Gasteiger partial charge < -0.3 is 0 Å². The van der Waals surface area contributed by atoms with Crippen molar-refractivity contribution in [3.05, 3.63) is 370 Å². The van der Waals surface area contributed by atoms with Gasteiger partial charge in [0, 0.05) is 21.7 Å². The van der Waals surface area contributed by atoms with Crippen LogP contribution in [0.4, 0.5) is 0 Å². The van der Waals surface area contributed by atoms with Crippen molar-refractivity contribution in [2.75, 3.05) is 0 Å². The van der Waals surface area contributed by atoms with Crippen molar-refractivity contribution in [2.45, 2.75) is 89.4 Å². The van der Waals surface area contributed by atoms with Gasteiger partial charge in [-0.05, 0) is 238 Å². The van der Waals surface area contributed by atoms with E-state index in [4.69, 9.17) is 0 Å². The molecule has 468 valence electrons. The molecule has 0 aromatic heterocycles. The molecule has 98 heavy (non-hydrogen) atoms. The highest BCUT2D eigenvalue weighted by atomic mass is 14.5. The highest BCUT2D eigenvalue weighted by Crippen LogP contribution is 2.64. The van der Waals surface area contributed by atoms with Crippen molar-refractivity contribution in [3.63, 3.8) is 0 Å². The maximum atomic E-state index is 2.64. The van der Waals surface area contributed by atoms with Crippen LogP contribution in [-0.4, -0.2) is 0 Å². The summed E-state index contributed by atoms with van der Waals surface area (Å²) >= 11 is 0. The van der Waals surface area contributed by atoms with Gasteiger partial charge in [-0.15, -0.1) is 0 Å². The first kappa shape index (κ1) is 58.4. The Labute approximate surface area is 577 Å². The summed E-state index contributed by atoms with van der Waals surface area (Å²) in [5.74, 6) is 0. The topological polar surface area (TPSA) is 0 Å². The molecule has 0 fully saturated rings. The molecule has 19 rings (SSSR count). The normalized spacial score (nSPS) is 15.6. The molecule has 0 heteroatoms. The average molecular weight is 1250 g/mol. The molecule has 0 saturated heterocycles. The second kappa shape index (κ2) is 20.8. The van der Waals surface area contributed by atoms with Crippen molar-refractivity contribution < 1.29 is 0 Å². The fourth-order valence-electron chi connectivity index (χ4n) is 19.5. The Balaban J connectivity index is 1.00. The molecule has 0 atom stereocenters. The Kier molecular flexibility index (Phi) is 12.4. The van der Waals surface area contributed by atoms with Crippen LogP contribution in [0, 0.1) is 6.92 Å².